The zero-order valence-corrected chi connectivity index (χ0v) is 18.7. The molecule has 2 aromatic heterocycles. The molecule has 6 nitrogen and oxygen atoms in total. The van der Waals surface area contributed by atoms with Crippen molar-refractivity contribution in [2.75, 3.05) is 25.1 Å². The van der Waals surface area contributed by atoms with Crippen LogP contribution < -0.4 is 11.4 Å². The third-order valence-electron chi connectivity index (χ3n) is 6.34. The minimum absolute atomic E-state index is 0.132. The summed E-state index contributed by atoms with van der Waals surface area (Å²) in [4.78, 5) is 24.1. The quantitative estimate of drug-likeness (QED) is 0.457. The maximum Gasteiger partial charge on any atom is 0.327 e. The van der Waals surface area contributed by atoms with Crippen LogP contribution in [0.2, 0.25) is 0 Å². The fourth-order valence-corrected chi connectivity index (χ4v) is 5.07. The average molecular weight is 434 g/mol. The lowest BCUT2D eigenvalue weighted by Gasteiger charge is -2.18. The first-order valence-electron chi connectivity index (χ1n) is 10.7. The normalized spacial score (nSPS) is 15.8. The summed E-state index contributed by atoms with van der Waals surface area (Å²) in [6.07, 6.45) is 4.62. The Morgan fingerprint density at radius 3 is 2.61 bits per heavy atom. The van der Waals surface area contributed by atoms with E-state index < -0.39 is 0 Å². The van der Waals surface area contributed by atoms with E-state index in [9.17, 15) is 4.79 Å². The van der Waals surface area contributed by atoms with Crippen LogP contribution in [0.5, 0.6) is 0 Å². The molecule has 3 N–H and O–H groups in total. The van der Waals surface area contributed by atoms with Crippen molar-refractivity contribution in [3.8, 4) is 0 Å². The van der Waals surface area contributed by atoms with E-state index in [2.05, 4.69) is 52.1 Å². The van der Waals surface area contributed by atoms with Gasteiger partial charge in [0.2, 0.25) is 0 Å². The van der Waals surface area contributed by atoms with Crippen molar-refractivity contribution in [1.29, 1.82) is 0 Å². The maximum absolute atomic E-state index is 13.0. The van der Waals surface area contributed by atoms with E-state index in [0.29, 0.717) is 11.3 Å². The Bertz CT molecular complexity index is 1300. The number of H-pyrrole nitrogens is 1. The highest BCUT2D eigenvalue weighted by atomic mass is 32.2. The molecule has 3 heterocycles. The molecule has 0 spiro atoms. The minimum Gasteiger partial charge on any atom is -0.382 e. The highest BCUT2D eigenvalue weighted by molar-refractivity contribution is 7.98. The van der Waals surface area contributed by atoms with E-state index in [-0.39, 0.29) is 11.7 Å². The number of nitrogen functional groups attached to an aromatic ring is 1. The first kappa shape index (κ1) is 20.2. The molecular formula is C24H27N5OS. The second kappa shape index (κ2) is 8.05. The minimum atomic E-state index is -0.168. The lowest BCUT2D eigenvalue weighted by Crippen LogP contribution is -2.21. The highest BCUT2D eigenvalue weighted by Gasteiger charge is 2.20. The van der Waals surface area contributed by atoms with E-state index in [4.69, 9.17) is 5.73 Å². The number of nitrogens with one attached hydrogen (secondary N) is 1. The summed E-state index contributed by atoms with van der Waals surface area (Å²) in [7, 11) is 0. The smallest absolute Gasteiger partial charge is 0.327 e. The number of rotatable bonds is 5. The molecule has 1 aliphatic heterocycles. The zero-order valence-electron chi connectivity index (χ0n) is 17.9. The molecule has 0 amide bonds. The summed E-state index contributed by atoms with van der Waals surface area (Å²) in [5.74, 6) is 0.352. The number of nitrogens with two attached hydrogens (primary N) is 1. The molecule has 160 valence electrons. The molecule has 1 unspecified atom stereocenters. The van der Waals surface area contributed by atoms with Gasteiger partial charge in [-0.15, -0.1) is 11.8 Å². The molecular weight excluding hydrogens is 406 g/mol. The second-order valence-corrected chi connectivity index (χ2v) is 9.18. The summed E-state index contributed by atoms with van der Waals surface area (Å²) in [5.41, 5.74) is 10.7. The first-order valence-corrected chi connectivity index (χ1v) is 12.0. The van der Waals surface area contributed by atoms with Crippen molar-refractivity contribution in [3.05, 3.63) is 64.1 Å². The number of aromatic nitrogens is 3. The zero-order chi connectivity index (χ0) is 21.5. The van der Waals surface area contributed by atoms with E-state index in [0.717, 1.165) is 33.4 Å². The van der Waals surface area contributed by atoms with Crippen LogP contribution in [0.3, 0.4) is 0 Å². The number of aromatic amines is 1. The third-order valence-corrected chi connectivity index (χ3v) is 7.07. The molecule has 2 aromatic carbocycles. The largest absolute Gasteiger partial charge is 0.382 e. The van der Waals surface area contributed by atoms with Gasteiger partial charge in [-0.3, -0.25) is 9.47 Å². The van der Waals surface area contributed by atoms with Gasteiger partial charge in [0.05, 0.1) is 17.1 Å². The number of pyridine rings is 1. The number of imidazole rings is 1. The topological polar surface area (TPSA) is 79.9 Å². The van der Waals surface area contributed by atoms with Gasteiger partial charge in [0.25, 0.3) is 0 Å². The van der Waals surface area contributed by atoms with E-state index in [1.54, 1.807) is 11.8 Å². The highest BCUT2D eigenvalue weighted by Crippen LogP contribution is 2.31. The first-order chi connectivity index (χ1) is 15.0. The van der Waals surface area contributed by atoms with Crippen LogP contribution in [0.1, 0.15) is 36.9 Å². The molecule has 4 aromatic rings. The van der Waals surface area contributed by atoms with Crippen molar-refractivity contribution in [3.63, 3.8) is 0 Å². The number of thioether (sulfide) groups is 1. The van der Waals surface area contributed by atoms with Crippen molar-refractivity contribution in [2.45, 2.75) is 37.2 Å². The van der Waals surface area contributed by atoms with Crippen molar-refractivity contribution < 1.29 is 0 Å². The molecule has 1 atom stereocenters. The molecule has 1 aliphatic rings. The van der Waals surface area contributed by atoms with Crippen LogP contribution in [0.15, 0.2) is 52.2 Å². The number of anilines is 1. The summed E-state index contributed by atoms with van der Waals surface area (Å²) in [5, 5.41) is 0.929. The molecule has 0 aliphatic carbocycles. The summed E-state index contributed by atoms with van der Waals surface area (Å²) >= 11 is 1.66. The molecule has 0 radical (unpaired) electrons. The number of hydrogen-bond donors (Lipinski definition) is 2. The second-order valence-electron chi connectivity index (χ2n) is 8.30. The molecule has 7 heteroatoms. The Morgan fingerprint density at radius 2 is 1.90 bits per heavy atom. The monoisotopic (exact) mass is 433 g/mol. The van der Waals surface area contributed by atoms with Gasteiger partial charge < -0.3 is 10.7 Å². The summed E-state index contributed by atoms with van der Waals surface area (Å²) in [6.45, 7) is 5.42. The van der Waals surface area contributed by atoms with Crippen LogP contribution in [0, 0.1) is 0 Å². The van der Waals surface area contributed by atoms with Gasteiger partial charge in [-0.05, 0) is 68.4 Å². The standard InChI is InChI=1S/C24H27N5OS/c1-15(17-7-5-16(6-8-17)14-28-11-3-4-12-28)29-22-19-10-9-18(31-2)13-20(19)26-23(25)21(22)27-24(29)30/h5-10,13,15H,3-4,11-12,14H2,1-2H3,(H2,25,26)(H,27,30). The maximum atomic E-state index is 13.0. The lowest BCUT2D eigenvalue weighted by atomic mass is 10.0. The Balaban J connectivity index is 1.57. The number of benzene rings is 2. The number of hydrogen-bond acceptors (Lipinski definition) is 5. The molecule has 31 heavy (non-hydrogen) atoms. The van der Waals surface area contributed by atoms with Crippen molar-refractivity contribution in [2.24, 2.45) is 0 Å². The van der Waals surface area contributed by atoms with Gasteiger partial charge >= 0.3 is 5.69 Å². The predicted octanol–water partition coefficient (Wildman–Crippen LogP) is 4.39. The van der Waals surface area contributed by atoms with E-state index >= 15 is 0 Å². The Hall–Kier alpha value is -2.77. The third kappa shape index (κ3) is 3.62. The average Bonchev–Trinajstić information content (AvgIpc) is 3.41. The Kier molecular flexibility index (Phi) is 5.24. The van der Waals surface area contributed by atoms with Crippen molar-refractivity contribution >= 4 is 39.5 Å². The van der Waals surface area contributed by atoms with E-state index in [1.165, 1.54) is 31.5 Å². The number of nitrogens with zero attached hydrogens (tertiary/aromatic N) is 3. The molecule has 1 fully saturated rings. The van der Waals surface area contributed by atoms with Crippen LogP contribution in [0.25, 0.3) is 21.9 Å². The van der Waals surface area contributed by atoms with Gasteiger partial charge in [-0.2, -0.15) is 0 Å². The Morgan fingerprint density at radius 1 is 1.16 bits per heavy atom. The molecule has 0 saturated carbocycles. The van der Waals surface area contributed by atoms with Gasteiger partial charge in [-0.25, -0.2) is 9.78 Å². The van der Waals surface area contributed by atoms with Gasteiger partial charge in [0.15, 0.2) is 0 Å². The van der Waals surface area contributed by atoms with Gasteiger partial charge in [-0.1, -0.05) is 24.3 Å². The SMILES string of the molecule is CSc1ccc2c(c1)nc(N)c1[nH]c(=O)n(C(C)c3ccc(CN4CCCC4)cc3)c12. The van der Waals surface area contributed by atoms with Crippen molar-refractivity contribution in [1.82, 2.24) is 19.4 Å². The molecule has 0 bridgehead atoms. The molecule has 1 saturated heterocycles. The van der Waals surface area contributed by atoms with Crippen LogP contribution in [-0.4, -0.2) is 38.8 Å². The lowest BCUT2D eigenvalue weighted by molar-refractivity contribution is 0.331. The number of likely N-dealkylation sites (tertiary alicyclic amines) is 1. The predicted molar refractivity (Wildman–Crippen MR) is 129 cm³/mol. The van der Waals surface area contributed by atoms with E-state index in [1.807, 2.05) is 23.0 Å². The van der Waals surface area contributed by atoms with Crippen LogP contribution >= 0.6 is 11.8 Å². The van der Waals surface area contributed by atoms with Gasteiger partial charge in [0.1, 0.15) is 11.3 Å². The Labute approximate surface area is 185 Å². The fourth-order valence-electron chi connectivity index (χ4n) is 4.63. The molecule has 5 rings (SSSR count). The van der Waals surface area contributed by atoms with Crippen LogP contribution in [0.4, 0.5) is 5.82 Å². The van der Waals surface area contributed by atoms with Gasteiger partial charge in [0, 0.05) is 16.8 Å². The van der Waals surface area contributed by atoms with Crippen LogP contribution in [-0.2, 0) is 6.54 Å². The number of fused-ring (bicyclic) bond motifs is 3. The summed E-state index contributed by atoms with van der Waals surface area (Å²) in [6, 6.07) is 14.6. The fraction of sp³-hybridized carbons (Fsp3) is 0.333. The summed E-state index contributed by atoms with van der Waals surface area (Å²) < 4.78 is 1.81.